The van der Waals surface area contributed by atoms with E-state index in [2.05, 4.69) is 12.1 Å². The first-order valence-electron chi connectivity index (χ1n) is 9.51. The zero-order valence-corrected chi connectivity index (χ0v) is 15.8. The molecule has 0 saturated carbocycles. The molecule has 4 rings (SSSR count). The van der Waals surface area contributed by atoms with Gasteiger partial charge < -0.3 is 14.7 Å². The number of nitrogens with zero attached hydrogens (tertiary/aromatic N) is 1. The molecule has 1 aliphatic rings. The lowest BCUT2D eigenvalue weighted by molar-refractivity contribution is -0.141. The minimum absolute atomic E-state index is 0.0789. The Morgan fingerprint density at radius 3 is 2.07 bits per heavy atom. The maximum absolute atomic E-state index is 12.0. The van der Waals surface area contributed by atoms with Gasteiger partial charge in [0.1, 0.15) is 11.5 Å². The Labute approximate surface area is 169 Å². The average Bonchev–Trinajstić information content (AvgIpc) is 3.11. The molecule has 0 spiro atoms. The molecular formula is C24H21NO4. The van der Waals surface area contributed by atoms with Gasteiger partial charge in [0.15, 0.2) is 0 Å². The molecule has 146 valence electrons. The van der Waals surface area contributed by atoms with E-state index in [1.807, 2.05) is 66.7 Å². The van der Waals surface area contributed by atoms with E-state index in [-0.39, 0.29) is 18.9 Å². The molecule has 1 aliphatic heterocycles. The number of carbonyl (C=O) groups is 2. The van der Waals surface area contributed by atoms with Gasteiger partial charge in [0.05, 0.1) is 5.92 Å². The number of ether oxygens (including phenoxy) is 1. The lowest BCUT2D eigenvalue weighted by Gasteiger charge is -2.16. The summed E-state index contributed by atoms with van der Waals surface area (Å²) in [5.41, 5.74) is 3.23. The number of aliphatic carboxylic acids is 1. The topological polar surface area (TPSA) is 66.8 Å². The van der Waals surface area contributed by atoms with Crippen molar-refractivity contribution in [1.29, 1.82) is 0 Å². The fraction of sp³-hybridized carbons (Fsp3) is 0.167. The van der Waals surface area contributed by atoms with E-state index in [0.717, 1.165) is 22.4 Å². The summed E-state index contributed by atoms with van der Waals surface area (Å²) in [6.07, 6.45) is 0.0789. The number of benzene rings is 3. The van der Waals surface area contributed by atoms with Gasteiger partial charge in [-0.3, -0.25) is 9.59 Å². The summed E-state index contributed by atoms with van der Waals surface area (Å²) in [7, 11) is 0. The largest absolute Gasteiger partial charge is 0.481 e. The molecule has 1 N–H and O–H groups in total. The fourth-order valence-corrected chi connectivity index (χ4v) is 3.46. The van der Waals surface area contributed by atoms with Crippen molar-refractivity contribution >= 4 is 11.9 Å². The first kappa shape index (κ1) is 18.7. The molecule has 1 unspecified atom stereocenters. The lowest BCUT2D eigenvalue weighted by Crippen LogP contribution is -2.25. The summed E-state index contributed by atoms with van der Waals surface area (Å²) in [5.74, 6) is -0.183. The highest BCUT2D eigenvalue weighted by Crippen LogP contribution is 2.27. The van der Waals surface area contributed by atoms with E-state index in [1.165, 1.54) is 0 Å². The second-order valence-electron chi connectivity index (χ2n) is 7.15. The summed E-state index contributed by atoms with van der Waals surface area (Å²) in [5, 5.41) is 9.08. The van der Waals surface area contributed by atoms with Crippen LogP contribution < -0.4 is 4.74 Å². The number of likely N-dealkylation sites (tertiary alicyclic amines) is 1. The molecular weight excluding hydrogens is 366 g/mol. The molecule has 0 aliphatic carbocycles. The van der Waals surface area contributed by atoms with E-state index in [0.29, 0.717) is 12.3 Å². The number of carboxylic acid groups (broad SMARTS) is 1. The molecule has 1 amide bonds. The van der Waals surface area contributed by atoms with E-state index in [9.17, 15) is 9.59 Å². The number of carboxylic acids is 1. The molecule has 0 bridgehead atoms. The zero-order valence-electron chi connectivity index (χ0n) is 15.8. The molecule has 3 aromatic carbocycles. The van der Waals surface area contributed by atoms with Gasteiger partial charge in [-0.15, -0.1) is 0 Å². The Morgan fingerprint density at radius 1 is 0.897 bits per heavy atom. The molecule has 1 saturated heterocycles. The van der Waals surface area contributed by atoms with E-state index < -0.39 is 11.9 Å². The van der Waals surface area contributed by atoms with Crippen molar-refractivity contribution in [3.63, 3.8) is 0 Å². The van der Waals surface area contributed by atoms with Gasteiger partial charge in [0.25, 0.3) is 0 Å². The van der Waals surface area contributed by atoms with Crippen LogP contribution in [0.25, 0.3) is 11.1 Å². The predicted octanol–water partition coefficient (Wildman–Crippen LogP) is 4.58. The van der Waals surface area contributed by atoms with Crippen LogP contribution in [0.2, 0.25) is 0 Å². The van der Waals surface area contributed by atoms with Crippen LogP contribution in [-0.2, 0) is 16.1 Å². The summed E-state index contributed by atoms with van der Waals surface area (Å²) in [6, 6.07) is 25.6. The Kier molecular flexibility index (Phi) is 5.29. The standard InChI is InChI=1S/C24H21NO4/c26-23-14-20(24(27)28)16-25(23)15-17-6-10-21(11-7-17)29-22-12-8-19(9-13-22)18-4-2-1-3-5-18/h1-13,20H,14-16H2,(H,27,28). The van der Waals surface area contributed by atoms with Gasteiger partial charge in [-0.1, -0.05) is 54.6 Å². The molecule has 3 aromatic rings. The number of rotatable bonds is 6. The average molecular weight is 387 g/mol. The van der Waals surface area contributed by atoms with Crippen molar-refractivity contribution in [2.24, 2.45) is 5.92 Å². The monoisotopic (exact) mass is 387 g/mol. The van der Waals surface area contributed by atoms with Gasteiger partial charge >= 0.3 is 5.97 Å². The smallest absolute Gasteiger partial charge is 0.308 e. The highest BCUT2D eigenvalue weighted by molar-refractivity contribution is 5.86. The third kappa shape index (κ3) is 4.46. The first-order chi connectivity index (χ1) is 14.1. The van der Waals surface area contributed by atoms with Crippen molar-refractivity contribution in [2.45, 2.75) is 13.0 Å². The van der Waals surface area contributed by atoms with Crippen molar-refractivity contribution in [1.82, 2.24) is 4.90 Å². The lowest BCUT2D eigenvalue weighted by atomic mass is 10.1. The Bertz CT molecular complexity index is 997. The minimum atomic E-state index is -0.914. The Morgan fingerprint density at radius 2 is 1.48 bits per heavy atom. The number of amides is 1. The summed E-state index contributed by atoms with van der Waals surface area (Å²) in [6.45, 7) is 0.675. The zero-order chi connectivity index (χ0) is 20.2. The summed E-state index contributed by atoms with van der Waals surface area (Å²) in [4.78, 5) is 24.6. The van der Waals surface area contributed by atoms with Crippen molar-refractivity contribution < 1.29 is 19.4 Å². The SMILES string of the molecule is O=C(O)C1CC(=O)N(Cc2ccc(Oc3ccc(-c4ccccc4)cc3)cc2)C1. The molecule has 5 nitrogen and oxygen atoms in total. The van der Waals surface area contributed by atoms with Crippen LogP contribution in [0.15, 0.2) is 78.9 Å². The minimum Gasteiger partial charge on any atom is -0.481 e. The van der Waals surface area contributed by atoms with E-state index >= 15 is 0 Å². The molecule has 29 heavy (non-hydrogen) atoms. The Hall–Kier alpha value is -3.60. The van der Waals surface area contributed by atoms with Crippen LogP contribution in [0.4, 0.5) is 0 Å². The van der Waals surface area contributed by atoms with E-state index in [1.54, 1.807) is 4.90 Å². The van der Waals surface area contributed by atoms with Crippen molar-refractivity contribution in [2.75, 3.05) is 6.54 Å². The van der Waals surface area contributed by atoms with E-state index in [4.69, 9.17) is 9.84 Å². The van der Waals surface area contributed by atoms with Gasteiger partial charge in [-0.25, -0.2) is 0 Å². The Balaban J connectivity index is 1.37. The van der Waals surface area contributed by atoms with Crippen LogP contribution >= 0.6 is 0 Å². The van der Waals surface area contributed by atoms with Crippen LogP contribution in [0.5, 0.6) is 11.5 Å². The van der Waals surface area contributed by atoms with Crippen LogP contribution in [0.1, 0.15) is 12.0 Å². The van der Waals surface area contributed by atoms with Gasteiger partial charge in [-0.2, -0.15) is 0 Å². The molecule has 0 aromatic heterocycles. The van der Waals surface area contributed by atoms with Crippen LogP contribution in [0.3, 0.4) is 0 Å². The molecule has 0 radical (unpaired) electrons. The third-order valence-corrected chi connectivity index (χ3v) is 5.06. The molecule has 1 fully saturated rings. The quantitative estimate of drug-likeness (QED) is 0.672. The highest BCUT2D eigenvalue weighted by Gasteiger charge is 2.33. The maximum Gasteiger partial charge on any atom is 0.308 e. The third-order valence-electron chi connectivity index (χ3n) is 5.06. The fourth-order valence-electron chi connectivity index (χ4n) is 3.46. The summed E-state index contributed by atoms with van der Waals surface area (Å²) < 4.78 is 5.91. The van der Waals surface area contributed by atoms with Gasteiger partial charge in [0.2, 0.25) is 5.91 Å². The number of hydrogen-bond donors (Lipinski definition) is 1. The van der Waals surface area contributed by atoms with Crippen LogP contribution in [0, 0.1) is 5.92 Å². The molecule has 1 atom stereocenters. The number of carbonyl (C=O) groups excluding carboxylic acids is 1. The number of hydrogen-bond acceptors (Lipinski definition) is 3. The van der Waals surface area contributed by atoms with Gasteiger partial charge in [0, 0.05) is 19.5 Å². The normalized spacial score (nSPS) is 16.1. The predicted molar refractivity (Wildman–Crippen MR) is 110 cm³/mol. The second-order valence-corrected chi connectivity index (χ2v) is 7.15. The van der Waals surface area contributed by atoms with Crippen molar-refractivity contribution in [3.05, 3.63) is 84.4 Å². The summed E-state index contributed by atoms with van der Waals surface area (Å²) >= 11 is 0. The van der Waals surface area contributed by atoms with Crippen LogP contribution in [-0.4, -0.2) is 28.4 Å². The maximum atomic E-state index is 12.0. The van der Waals surface area contributed by atoms with Gasteiger partial charge in [-0.05, 0) is 41.0 Å². The molecule has 1 heterocycles. The molecule has 5 heteroatoms. The second kappa shape index (κ2) is 8.19. The first-order valence-corrected chi connectivity index (χ1v) is 9.51. The highest BCUT2D eigenvalue weighted by atomic mass is 16.5. The van der Waals surface area contributed by atoms with Crippen molar-refractivity contribution in [3.8, 4) is 22.6 Å².